The Bertz CT molecular complexity index is 1110. The number of amides is 1. The van der Waals surface area contributed by atoms with Gasteiger partial charge in [-0.15, -0.1) is 16.8 Å². The third-order valence-electron chi connectivity index (χ3n) is 4.54. The van der Waals surface area contributed by atoms with Crippen LogP contribution in [0, 0.1) is 0 Å². The first-order chi connectivity index (χ1) is 16.5. The maximum atomic E-state index is 12.4. The second-order valence-electron chi connectivity index (χ2n) is 6.90. The number of thioether (sulfide) groups is 1. The van der Waals surface area contributed by atoms with E-state index in [0.29, 0.717) is 41.1 Å². The van der Waals surface area contributed by atoms with Gasteiger partial charge in [-0.25, -0.2) is 4.79 Å². The van der Waals surface area contributed by atoms with Crippen LogP contribution < -0.4 is 14.8 Å². The molecule has 0 radical (unpaired) electrons. The number of hydrogen-bond acceptors (Lipinski definition) is 8. The number of nitrogens with one attached hydrogen (secondary N) is 1. The van der Waals surface area contributed by atoms with E-state index in [1.165, 1.54) is 11.8 Å². The molecule has 34 heavy (non-hydrogen) atoms. The van der Waals surface area contributed by atoms with Gasteiger partial charge in [-0.2, -0.15) is 0 Å². The maximum absolute atomic E-state index is 12.4. The molecule has 0 atom stereocenters. The molecule has 0 aliphatic heterocycles. The molecular weight excluding hydrogens is 456 g/mol. The predicted molar refractivity (Wildman–Crippen MR) is 129 cm³/mol. The summed E-state index contributed by atoms with van der Waals surface area (Å²) in [5.74, 6) is 1.56. The van der Waals surface area contributed by atoms with Crippen molar-refractivity contribution in [2.45, 2.75) is 25.2 Å². The molecule has 1 heterocycles. The second kappa shape index (κ2) is 12.4. The van der Waals surface area contributed by atoms with Crippen LogP contribution in [-0.4, -0.2) is 46.1 Å². The summed E-state index contributed by atoms with van der Waals surface area (Å²) in [5.41, 5.74) is 1.01. The molecule has 0 fully saturated rings. The number of benzene rings is 2. The van der Waals surface area contributed by atoms with Crippen molar-refractivity contribution in [2.24, 2.45) is 0 Å². The molecule has 0 spiro atoms. The van der Waals surface area contributed by atoms with Gasteiger partial charge in [0.2, 0.25) is 5.91 Å². The van der Waals surface area contributed by atoms with E-state index in [1.54, 1.807) is 44.4 Å². The summed E-state index contributed by atoms with van der Waals surface area (Å²) in [5, 5.41) is 11.8. The molecule has 9 nitrogen and oxygen atoms in total. The summed E-state index contributed by atoms with van der Waals surface area (Å²) >= 11 is 1.26. The largest absolute Gasteiger partial charge is 0.497 e. The molecule has 0 unspecified atom stereocenters. The van der Waals surface area contributed by atoms with Gasteiger partial charge in [-0.3, -0.25) is 9.36 Å². The molecule has 3 aromatic rings. The van der Waals surface area contributed by atoms with Crippen molar-refractivity contribution in [3.05, 3.63) is 72.6 Å². The molecule has 2 aromatic carbocycles. The SMILES string of the molecule is C=CCn1c(COc2ccc(OC)cc2)nnc1SCC(=O)Nc1ccc(C(=O)OCC)cc1. The molecule has 10 heteroatoms. The van der Waals surface area contributed by atoms with Crippen molar-refractivity contribution in [3.63, 3.8) is 0 Å². The van der Waals surface area contributed by atoms with Crippen molar-refractivity contribution in [2.75, 3.05) is 24.8 Å². The van der Waals surface area contributed by atoms with E-state index in [1.807, 2.05) is 28.8 Å². The van der Waals surface area contributed by atoms with Crippen LogP contribution in [0.4, 0.5) is 5.69 Å². The quantitative estimate of drug-likeness (QED) is 0.235. The molecule has 0 aliphatic rings. The summed E-state index contributed by atoms with van der Waals surface area (Å²) in [7, 11) is 1.61. The van der Waals surface area contributed by atoms with Crippen LogP contribution in [0.25, 0.3) is 0 Å². The van der Waals surface area contributed by atoms with Gasteiger partial charge in [0.15, 0.2) is 11.0 Å². The normalized spacial score (nSPS) is 10.4. The number of hydrogen-bond donors (Lipinski definition) is 1. The van der Waals surface area contributed by atoms with E-state index in [0.717, 1.165) is 5.75 Å². The average molecular weight is 483 g/mol. The van der Waals surface area contributed by atoms with Crippen LogP contribution in [0.2, 0.25) is 0 Å². The number of allylic oxidation sites excluding steroid dienone is 1. The van der Waals surface area contributed by atoms with Gasteiger partial charge in [-0.05, 0) is 55.5 Å². The van der Waals surface area contributed by atoms with Gasteiger partial charge >= 0.3 is 5.97 Å². The van der Waals surface area contributed by atoms with Crippen molar-refractivity contribution < 1.29 is 23.8 Å². The predicted octanol–water partition coefficient (Wildman–Crippen LogP) is 3.96. The molecule has 0 saturated carbocycles. The van der Waals surface area contributed by atoms with Gasteiger partial charge < -0.3 is 19.5 Å². The minimum absolute atomic E-state index is 0.133. The van der Waals surface area contributed by atoms with Gasteiger partial charge in [0.1, 0.15) is 18.1 Å². The van der Waals surface area contributed by atoms with E-state index in [9.17, 15) is 9.59 Å². The maximum Gasteiger partial charge on any atom is 0.338 e. The highest BCUT2D eigenvalue weighted by Crippen LogP contribution is 2.21. The molecular formula is C24H26N4O5S. The Balaban J connectivity index is 1.56. The lowest BCUT2D eigenvalue weighted by Crippen LogP contribution is -2.15. The summed E-state index contributed by atoms with van der Waals surface area (Å²) in [4.78, 5) is 24.1. The number of esters is 1. The molecule has 1 N–H and O–H groups in total. The minimum Gasteiger partial charge on any atom is -0.497 e. The van der Waals surface area contributed by atoms with Crippen LogP contribution in [0.3, 0.4) is 0 Å². The lowest BCUT2D eigenvalue weighted by atomic mass is 10.2. The highest BCUT2D eigenvalue weighted by atomic mass is 32.2. The first-order valence-corrected chi connectivity index (χ1v) is 11.5. The number of nitrogens with zero attached hydrogens (tertiary/aromatic N) is 3. The molecule has 1 aromatic heterocycles. The Kier molecular flexibility index (Phi) is 9.10. The second-order valence-corrected chi connectivity index (χ2v) is 7.84. The van der Waals surface area contributed by atoms with Crippen LogP contribution in [0.5, 0.6) is 11.5 Å². The Morgan fingerprint density at radius 1 is 1.09 bits per heavy atom. The highest BCUT2D eigenvalue weighted by Gasteiger charge is 2.15. The molecule has 0 saturated heterocycles. The zero-order valence-electron chi connectivity index (χ0n) is 19.0. The van der Waals surface area contributed by atoms with E-state index in [-0.39, 0.29) is 18.3 Å². The molecule has 1 amide bonds. The average Bonchev–Trinajstić information content (AvgIpc) is 3.24. The molecule has 178 valence electrons. The van der Waals surface area contributed by atoms with Gasteiger partial charge in [0.25, 0.3) is 0 Å². The van der Waals surface area contributed by atoms with E-state index in [2.05, 4.69) is 22.1 Å². The topological polar surface area (TPSA) is 105 Å². The lowest BCUT2D eigenvalue weighted by Gasteiger charge is -2.10. The van der Waals surface area contributed by atoms with E-state index >= 15 is 0 Å². The molecule has 0 aliphatic carbocycles. The van der Waals surface area contributed by atoms with E-state index in [4.69, 9.17) is 14.2 Å². The van der Waals surface area contributed by atoms with Crippen LogP contribution in [0.1, 0.15) is 23.1 Å². The minimum atomic E-state index is -0.399. The third-order valence-corrected chi connectivity index (χ3v) is 5.51. The third kappa shape index (κ3) is 6.85. The zero-order chi connectivity index (χ0) is 24.3. The Labute approximate surface area is 202 Å². The van der Waals surface area contributed by atoms with Crippen molar-refractivity contribution in [3.8, 4) is 11.5 Å². The number of carbonyl (C=O) groups excluding carboxylic acids is 2. The summed E-state index contributed by atoms with van der Waals surface area (Å²) in [6.07, 6.45) is 1.73. The van der Waals surface area contributed by atoms with Gasteiger partial charge in [0.05, 0.1) is 25.0 Å². The number of carbonyl (C=O) groups is 2. The number of ether oxygens (including phenoxy) is 3. The number of anilines is 1. The zero-order valence-corrected chi connectivity index (χ0v) is 19.8. The number of rotatable bonds is 12. The fourth-order valence-corrected chi connectivity index (χ4v) is 3.66. The summed E-state index contributed by atoms with van der Waals surface area (Å²) in [6.45, 7) is 6.53. The Morgan fingerprint density at radius 3 is 2.44 bits per heavy atom. The summed E-state index contributed by atoms with van der Waals surface area (Å²) in [6, 6.07) is 13.8. The van der Waals surface area contributed by atoms with Crippen molar-refractivity contribution in [1.29, 1.82) is 0 Å². The highest BCUT2D eigenvalue weighted by molar-refractivity contribution is 7.99. The number of methoxy groups -OCH3 is 1. The number of aromatic nitrogens is 3. The van der Waals surface area contributed by atoms with Crippen molar-refractivity contribution >= 4 is 29.3 Å². The van der Waals surface area contributed by atoms with Gasteiger partial charge in [0, 0.05) is 12.2 Å². The standard InChI is InChI=1S/C24H26N4O5S/c1-4-14-28-21(15-33-20-12-10-19(31-3)11-13-20)26-27-24(28)34-16-22(29)25-18-8-6-17(7-9-18)23(30)32-5-2/h4,6-13H,1,5,14-16H2,2-3H3,(H,25,29). The fourth-order valence-electron chi connectivity index (χ4n) is 2.90. The molecule has 0 bridgehead atoms. The Morgan fingerprint density at radius 2 is 1.79 bits per heavy atom. The smallest absolute Gasteiger partial charge is 0.338 e. The molecule has 3 rings (SSSR count). The van der Waals surface area contributed by atoms with Crippen LogP contribution >= 0.6 is 11.8 Å². The summed E-state index contributed by atoms with van der Waals surface area (Å²) < 4.78 is 17.8. The van der Waals surface area contributed by atoms with Crippen LogP contribution in [-0.2, 0) is 22.7 Å². The Hall–Kier alpha value is -3.79. The first-order valence-electron chi connectivity index (χ1n) is 10.5. The van der Waals surface area contributed by atoms with E-state index < -0.39 is 5.97 Å². The first kappa shape index (κ1) is 24.8. The van der Waals surface area contributed by atoms with Gasteiger partial charge in [-0.1, -0.05) is 17.8 Å². The fraction of sp³-hybridized carbons (Fsp3) is 0.250. The lowest BCUT2D eigenvalue weighted by molar-refractivity contribution is -0.113. The van der Waals surface area contributed by atoms with Crippen LogP contribution in [0.15, 0.2) is 66.3 Å². The van der Waals surface area contributed by atoms with Crippen molar-refractivity contribution in [1.82, 2.24) is 14.8 Å². The monoisotopic (exact) mass is 482 g/mol.